The van der Waals surface area contributed by atoms with E-state index < -0.39 is 0 Å². The summed E-state index contributed by atoms with van der Waals surface area (Å²) >= 11 is 0. The minimum Gasteiger partial charge on any atom is -0.454 e. The standard InChI is InChI=1S/C15H20O2/c1-8-4-5-11-9(2)6-14-13(7-12(8)11)10(3)15(16)17-14/h9,11,14H,4-7H2,1-3H3. The average Bonchev–Trinajstić information content (AvgIpc) is 2.71. The van der Waals surface area contributed by atoms with Gasteiger partial charge < -0.3 is 4.74 Å². The van der Waals surface area contributed by atoms with Crippen LogP contribution in [0.2, 0.25) is 0 Å². The first kappa shape index (κ1) is 11.1. The minimum atomic E-state index is -0.0908. The molecular formula is C15H20O2. The van der Waals surface area contributed by atoms with Crippen LogP contribution in [0.25, 0.3) is 0 Å². The van der Waals surface area contributed by atoms with E-state index in [1.165, 1.54) is 18.4 Å². The van der Waals surface area contributed by atoms with Crippen LogP contribution >= 0.6 is 0 Å². The molecule has 3 atom stereocenters. The molecule has 0 bridgehead atoms. The molecule has 0 spiro atoms. The fourth-order valence-electron chi connectivity index (χ4n) is 3.74. The summed E-state index contributed by atoms with van der Waals surface area (Å²) in [7, 11) is 0. The molecule has 2 aliphatic carbocycles. The monoisotopic (exact) mass is 232 g/mol. The SMILES string of the molecule is CC1=C2CC3=C(C)C(=O)OC3CC(C)C2CC1. The highest BCUT2D eigenvalue weighted by molar-refractivity contribution is 5.91. The number of esters is 1. The van der Waals surface area contributed by atoms with Gasteiger partial charge in [-0.2, -0.15) is 0 Å². The van der Waals surface area contributed by atoms with Gasteiger partial charge in [0.2, 0.25) is 0 Å². The summed E-state index contributed by atoms with van der Waals surface area (Å²) < 4.78 is 5.49. The Bertz CT molecular complexity index is 442. The zero-order valence-electron chi connectivity index (χ0n) is 10.9. The quantitative estimate of drug-likeness (QED) is 0.472. The van der Waals surface area contributed by atoms with Gasteiger partial charge in [0, 0.05) is 5.57 Å². The molecule has 2 nitrogen and oxygen atoms in total. The Morgan fingerprint density at radius 1 is 1.24 bits per heavy atom. The normalized spacial score (nSPS) is 36.9. The molecule has 2 heteroatoms. The van der Waals surface area contributed by atoms with Gasteiger partial charge in [-0.3, -0.25) is 0 Å². The van der Waals surface area contributed by atoms with E-state index >= 15 is 0 Å². The highest BCUT2D eigenvalue weighted by Gasteiger charge is 2.40. The van der Waals surface area contributed by atoms with E-state index in [2.05, 4.69) is 13.8 Å². The maximum atomic E-state index is 11.6. The van der Waals surface area contributed by atoms with Crippen LogP contribution in [-0.2, 0) is 9.53 Å². The highest BCUT2D eigenvalue weighted by atomic mass is 16.5. The summed E-state index contributed by atoms with van der Waals surface area (Å²) in [6.07, 6.45) is 4.62. The Labute approximate surface area is 103 Å². The predicted octanol–water partition coefficient (Wildman–Crippen LogP) is 3.38. The zero-order valence-corrected chi connectivity index (χ0v) is 10.9. The molecule has 92 valence electrons. The van der Waals surface area contributed by atoms with Gasteiger partial charge in [-0.15, -0.1) is 0 Å². The van der Waals surface area contributed by atoms with E-state index in [9.17, 15) is 4.79 Å². The van der Waals surface area contributed by atoms with Crippen LogP contribution in [0.3, 0.4) is 0 Å². The number of ether oxygens (including phenoxy) is 1. The number of hydrogen-bond acceptors (Lipinski definition) is 2. The summed E-state index contributed by atoms with van der Waals surface area (Å²) in [5.74, 6) is 1.29. The van der Waals surface area contributed by atoms with Gasteiger partial charge in [-0.05, 0) is 56.9 Å². The second-order valence-corrected chi connectivity index (χ2v) is 5.88. The van der Waals surface area contributed by atoms with Crippen LogP contribution < -0.4 is 0 Å². The number of rotatable bonds is 0. The van der Waals surface area contributed by atoms with E-state index in [1.807, 2.05) is 6.92 Å². The second-order valence-electron chi connectivity index (χ2n) is 5.88. The second kappa shape index (κ2) is 3.72. The lowest BCUT2D eigenvalue weighted by molar-refractivity contribution is -0.140. The fourth-order valence-corrected chi connectivity index (χ4v) is 3.74. The van der Waals surface area contributed by atoms with Crippen LogP contribution in [0.1, 0.15) is 46.5 Å². The number of carbonyl (C=O) groups excluding carboxylic acids is 1. The molecule has 1 saturated carbocycles. The zero-order chi connectivity index (χ0) is 12.2. The van der Waals surface area contributed by atoms with Crippen LogP contribution in [-0.4, -0.2) is 12.1 Å². The van der Waals surface area contributed by atoms with Gasteiger partial charge in [0.1, 0.15) is 6.10 Å². The van der Waals surface area contributed by atoms with Crippen molar-refractivity contribution in [3.63, 3.8) is 0 Å². The molecule has 3 unspecified atom stereocenters. The van der Waals surface area contributed by atoms with Crippen molar-refractivity contribution < 1.29 is 9.53 Å². The molecule has 1 heterocycles. The Hall–Kier alpha value is -1.05. The molecule has 0 aromatic carbocycles. The van der Waals surface area contributed by atoms with Gasteiger partial charge in [-0.25, -0.2) is 4.79 Å². The Morgan fingerprint density at radius 2 is 2.00 bits per heavy atom. The molecule has 3 rings (SSSR count). The van der Waals surface area contributed by atoms with Crippen LogP contribution in [0.4, 0.5) is 0 Å². The summed E-state index contributed by atoms with van der Waals surface area (Å²) in [4.78, 5) is 11.6. The molecule has 0 N–H and O–H groups in total. The first-order chi connectivity index (χ1) is 8.08. The lowest BCUT2D eigenvalue weighted by Crippen LogP contribution is -2.16. The number of carbonyl (C=O) groups is 1. The van der Waals surface area contributed by atoms with Crippen molar-refractivity contribution in [2.75, 3.05) is 0 Å². The van der Waals surface area contributed by atoms with Crippen molar-refractivity contribution in [2.24, 2.45) is 11.8 Å². The van der Waals surface area contributed by atoms with Gasteiger partial charge in [-0.1, -0.05) is 18.1 Å². The van der Waals surface area contributed by atoms with Gasteiger partial charge in [0.15, 0.2) is 0 Å². The van der Waals surface area contributed by atoms with Crippen LogP contribution in [0.15, 0.2) is 22.3 Å². The van der Waals surface area contributed by atoms with Crippen LogP contribution in [0, 0.1) is 11.8 Å². The topological polar surface area (TPSA) is 26.3 Å². The molecule has 0 aromatic heterocycles. The first-order valence-corrected chi connectivity index (χ1v) is 6.67. The largest absolute Gasteiger partial charge is 0.454 e. The molecule has 0 aromatic rings. The third kappa shape index (κ3) is 1.57. The van der Waals surface area contributed by atoms with E-state index in [4.69, 9.17) is 4.74 Å². The third-order valence-corrected chi connectivity index (χ3v) is 4.91. The lowest BCUT2D eigenvalue weighted by Gasteiger charge is -2.20. The maximum Gasteiger partial charge on any atom is 0.334 e. The predicted molar refractivity (Wildman–Crippen MR) is 66.4 cm³/mol. The van der Waals surface area contributed by atoms with Crippen molar-refractivity contribution in [3.05, 3.63) is 22.3 Å². The van der Waals surface area contributed by atoms with Crippen molar-refractivity contribution in [1.29, 1.82) is 0 Å². The average molecular weight is 232 g/mol. The molecule has 1 fully saturated rings. The number of fused-ring (bicyclic) bond motifs is 2. The van der Waals surface area contributed by atoms with Crippen molar-refractivity contribution >= 4 is 5.97 Å². The van der Waals surface area contributed by atoms with E-state index in [0.29, 0.717) is 5.92 Å². The molecule has 0 amide bonds. The summed E-state index contributed by atoms with van der Waals surface area (Å²) in [5.41, 5.74) is 5.30. The van der Waals surface area contributed by atoms with Gasteiger partial charge >= 0.3 is 5.97 Å². The fraction of sp³-hybridized carbons (Fsp3) is 0.667. The van der Waals surface area contributed by atoms with Crippen molar-refractivity contribution in [1.82, 2.24) is 0 Å². The van der Waals surface area contributed by atoms with Crippen molar-refractivity contribution in [2.45, 2.75) is 52.6 Å². The van der Waals surface area contributed by atoms with Gasteiger partial charge in [0.05, 0.1) is 0 Å². The van der Waals surface area contributed by atoms with Crippen molar-refractivity contribution in [3.8, 4) is 0 Å². The third-order valence-electron chi connectivity index (χ3n) is 4.91. The van der Waals surface area contributed by atoms with E-state index in [0.717, 1.165) is 24.3 Å². The van der Waals surface area contributed by atoms with Crippen LogP contribution in [0.5, 0.6) is 0 Å². The molecule has 0 radical (unpaired) electrons. The molecule has 17 heavy (non-hydrogen) atoms. The molecule has 1 aliphatic heterocycles. The summed E-state index contributed by atoms with van der Waals surface area (Å²) in [5, 5.41) is 0. The van der Waals surface area contributed by atoms with Gasteiger partial charge in [0.25, 0.3) is 0 Å². The Kier molecular flexibility index (Phi) is 2.42. The maximum absolute atomic E-state index is 11.6. The molecular weight excluding hydrogens is 212 g/mol. The molecule has 0 saturated heterocycles. The smallest absolute Gasteiger partial charge is 0.334 e. The van der Waals surface area contributed by atoms with E-state index in [1.54, 1.807) is 11.1 Å². The first-order valence-electron chi connectivity index (χ1n) is 6.67. The number of hydrogen-bond donors (Lipinski definition) is 0. The highest BCUT2D eigenvalue weighted by Crippen LogP contribution is 2.47. The molecule has 3 aliphatic rings. The minimum absolute atomic E-state index is 0.0726. The Balaban J connectivity index is 2.03. The lowest BCUT2D eigenvalue weighted by atomic mass is 9.86. The summed E-state index contributed by atoms with van der Waals surface area (Å²) in [6.45, 7) is 6.50. The number of allylic oxidation sites excluding steroid dienone is 2. The Morgan fingerprint density at radius 3 is 2.76 bits per heavy atom. The summed E-state index contributed by atoms with van der Waals surface area (Å²) in [6, 6.07) is 0. The van der Waals surface area contributed by atoms with E-state index in [-0.39, 0.29) is 12.1 Å².